The monoisotopic (exact) mass is 325 g/mol. The highest BCUT2D eigenvalue weighted by molar-refractivity contribution is 9.10. The predicted molar refractivity (Wildman–Crippen MR) is 78.9 cm³/mol. The van der Waals surface area contributed by atoms with Crippen molar-refractivity contribution in [3.63, 3.8) is 0 Å². The van der Waals surface area contributed by atoms with Crippen LogP contribution in [-0.4, -0.2) is 18.6 Å². The summed E-state index contributed by atoms with van der Waals surface area (Å²) >= 11 is 3.41. The van der Waals surface area contributed by atoms with E-state index in [1.165, 1.54) is 12.8 Å². The SMILES string of the molecule is CCOC(=O)C(NC1CCCC1)c1ccc(Br)cc1. The molecule has 1 aliphatic carbocycles. The summed E-state index contributed by atoms with van der Waals surface area (Å²) in [6.07, 6.45) is 4.78. The Balaban J connectivity index is 2.12. The minimum Gasteiger partial charge on any atom is -0.465 e. The molecule has 0 spiro atoms. The molecule has 1 atom stereocenters. The smallest absolute Gasteiger partial charge is 0.327 e. The van der Waals surface area contributed by atoms with Crippen LogP contribution in [0.5, 0.6) is 0 Å². The first-order chi connectivity index (χ1) is 9.20. The van der Waals surface area contributed by atoms with Crippen molar-refractivity contribution in [3.8, 4) is 0 Å². The van der Waals surface area contributed by atoms with Crippen LogP contribution in [0, 0.1) is 0 Å². The zero-order chi connectivity index (χ0) is 13.7. The number of carbonyl (C=O) groups is 1. The summed E-state index contributed by atoms with van der Waals surface area (Å²) in [5.74, 6) is -0.184. The third-order valence-electron chi connectivity index (χ3n) is 3.48. The Hall–Kier alpha value is -0.870. The van der Waals surface area contributed by atoms with Crippen LogP contribution in [0.15, 0.2) is 28.7 Å². The van der Waals surface area contributed by atoms with Gasteiger partial charge in [-0.05, 0) is 37.5 Å². The fraction of sp³-hybridized carbons (Fsp3) is 0.533. The van der Waals surface area contributed by atoms with Crippen LogP contribution in [0.3, 0.4) is 0 Å². The molecule has 1 N–H and O–H groups in total. The van der Waals surface area contributed by atoms with E-state index in [-0.39, 0.29) is 12.0 Å². The molecule has 0 heterocycles. The number of benzene rings is 1. The number of esters is 1. The maximum atomic E-state index is 12.1. The van der Waals surface area contributed by atoms with Crippen LogP contribution >= 0.6 is 15.9 Å². The number of hydrogen-bond acceptors (Lipinski definition) is 3. The third-order valence-corrected chi connectivity index (χ3v) is 4.01. The zero-order valence-corrected chi connectivity index (χ0v) is 12.8. The maximum absolute atomic E-state index is 12.1. The first-order valence-corrected chi connectivity index (χ1v) is 7.68. The van der Waals surface area contributed by atoms with Crippen molar-refractivity contribution in [2.45, 2.75) is 44.7 Å². The Labute approximate surface area is 122 Å². The van der Waals surface area contributed by atoms with Crippen molar-refractivity contribution in [2.75, 3.05) is 6.61 Å². The molecule has 0 bridgehead atoms. The number of ether oxygens (including phenoxy) is 1. The summed E-state index contributed by atoms with van der Waals surface area (Å²) in [5, 5.41) is 3.45. The molecule has 0 aromatic heterocycles. The average Bonchev–Trinajstić information content (AvgIpc) is 2.90. The molecule has 0 radical (unpaired) electrons. The predicted octanol–water partition coefficient (Wildman–Crippen LogP) is 3.59. The van der Waals surface area contributed by atoms with E-state index in [9.17, 15) is 4.79 Å². The van der Waals surface area contributed by atoms with Gasteiger partial charge in [-0.25, -0.2) is 4.79 Å². The molecule has 0 aliphatic heterocycles. The van der Waals surface area contributed by atoms with Gasteiger partial charge in [0.25, 0.3) is 0 Å². The largest absolute Gasteiger partial charge is 0.465 e. The van der Waals surface area contributed by atoms with E-state index in [1.807, 2.05) is 31.2 Å². The summed E-state index contributed by atoms with van der Waals surface area (Å²) in [7, 11) is 0. The molecular formula is C15H20BrNO2. The van der Waals surface area contributed by atoms with Gasteiger partial charge in [-0.15, -0.1) is 0 Å². The lowest BCUT2D eigenvalue weighted by atomic mass is 10.1. The van der Waals surface area contributed by atoms with Crippen molar-refractivity contribution in [3.05, 3.63) is 34.3 Å². The number of nitrogens with one attached hydrogen (secondary N) is 1. The summed E-state index contributed by atoms with van der Waals surface area (Å²) in [4.78, 5) is 12.1. The molecule has 1 aliphatic rings. The first kappa shape index (κ1) is 14.5. The summed E-state index contributed by atoms with van der Waals surface area (Å²) in [6, 6.07) is 7.92. The van der Waals surface area contributed by atoms with Crippen molar-refractivity contribution >= 4 is 21.9 Å². The quantitative estimate of drug-likeness (QED) is 0.841. The Kier molecular flexibility index (Phi) is 5.40. The van der Waals surface area contributed by atoms with Gasteiger partial charge in [0.15, 0.2) is 0 Å². The lowest BCUT2D eigenvalue weighted by molar-refractivity contribution is -0.146. The second kappa shape index (κ2) is 7.06. The van der Waals surface area contributed by atoms with Crippen LogP contribution in [0.2, 0.25) is 0 Å². The Morgan fingerprint density at radius 2 is 2.00 bits per heavy atom. The molecule has 2 rings (SSSR count). The topological polar surface area (TPSA) is 38.3 Å². The molecule has 0 amide bonds. The van der Waals surface area contributed by atoms with Crippen LogP contribution in [-0.2, 0) is 9.53 Å². The normalized spacial score (nSPS) is 17.4. The van der Waals surface area contributed by atoms with Gasteiger partial charge < -0.3 is 4.74 Å². The number of carbonyl (C=O) groups excluding carboxylic acids is 1. The van der Waals surface area contributed by atoms with Gasteiger partial charge in [-0.3, -0.25) is 5.32 Å². The third kappa shape index (κ3) is 4.05. The fourth-order valence-electron chi connectivity index (χ4n) is 2.51. The van der Waals surface area contributed by atoms with Gasteiger partial charge in [0.2, 0.25) is 0 Å². The number of halogens is 1. The Morgan fingerprint density at radius 3 is 2.58 bits per heavy atom. The Morgan fingerprint density at radius 1 is 1.37 bits per heavy atom. The molecule has 104 valence electrons. The average molecular weight is 326 g/mol. The second-order valence-electron chi connectivity index (χ2n) is 4.88. The van der Waals surface area contributed by atoms with Crippen LogP contribution in [0.4, 0.5) is 0 Å². The summed E-state index contributed by atoms with van der Waals surface area (Å²) < 4.78 is 6.20. The standard InChI is InChI=1S/C15H20BrNO2/c1-2-19-15(18)14(17-13-5-3-4-6-13)11-7-9-12(16)10-8-11/h7-10,13-14,17H,2-6H2,1H3. The molecule has 1 aromatic carbocycles. The molecule has 1 fully saturated rings. The van der Waals surface area contributed by atoms with E-state index < -0.39 is 0 Å². The van der Waals surface area contributed by atoms with Crippen molar-refractivity contribution in [2.24, 2.45) is 0 Å². The highest BCUT2D eigenvalue weighted by atomic mass is 79.9. The lowest BCUT2D eigenvalue weighted by Crippen LogP contribution is -2.36. The molecule has 4 heteroatoms. The van der Waals surface area contributed by atoms with E-state index in [0.29, 0.717) is 12.6 Å². The van der Waals surface area contributed by atoms with Gasteiger partial charge >= 0.3 is 5.97 Å². The fourth-order valence-corrected chi connectivity index (χ4v) is 2.77. The molecule has 1 unspecified atom stereocenters. The molecule has 1 saturated carbocycles. The van der Waals surface area contributed by atoms with E-state index in [2.05, 4.69) is 21.2 Å². The van der Waals surface area contributed by atoms with Crippen molar-refractivity contribution in [1.82, 2.24) is 5.32 Å². The van der Waals surface area contributed by atoms with Crippen LogP contribution in [0.1, 0.15) is 44.2 Å². The van der Waals surface area contributed by atoms with Crippen molar-refractivity contribution < 1.29 is 9.53 Å². The minimum atomic E-state index is -0.351. The molecular weight excluding hydrogens is 306 g/mol. The molecule has 1 aromatic rings. The van der Waals surface area contributed by atoms with E-state index >= 15 is 0 Å². The summed E-state index contributed by atoms with van der Waals surface area (Å²) in [6.45, 7) is 2.25. The summed E-state index contributed by atoms with van der Waals surface area (Å²) in [5.41, 5.74) is 0.966. The van der Waals surface area contributed by atoms with Gasteiger partial charge in [0, 0.05) is 10.5 Å². The molecule has 19 heavy (non-hydrogen) atoms. The highest BCUT2D eigenvalue weighted by Crippen LogP contribution is 2.24. The second-order valence-corrected chi connectivity index (χ2v) is 5.80. The first-order valence-electron chi connectivity index (χ1n) is 6.89. The zero-order valence-electron chi connectivity index (χ0n) is 11.2. The molecule has 3 nitrogen and oxygen atoms in total. The highest BCUT2D eigenvalue weighted by Gasteiger charge is 2.26. The van der Waals surface area contributed by atoms with E-state index in [0.717, 1.165) is 22.9 Å². The van der Waals surface area contributed by atoms with Crippen molar-refractivity contribution in [1.29, 1.82) is 0 Å². The maximum Gasteiger partial charge on any atom is 0.327 e. The van der Waals surface area contributed by atoms with E-state index in [4.69, 9.17) is 4.74 Å². The van der Waals surface area contributed by atoms with E-state index in [1.54, 1.807) is 0 Å². The number of hydrogen-bond donors (Lipinski definition) is 1. The Bertz CT molecular complexity index is 413. The van der Waals surface area contributed by atoms with Gasteiger partial charge in [0.05, 0.1) is 6.61 Å². The van der Waals surface area contributed by atoms with Gasteiger partial charge in [-0.1, -0.05) is 40.9 Å². The minimum absolute atomic E-state index is 0.184. The lowest BCUT2D eigenvalue weighted by Gasteiger charge is -2.21. The number of rotatable bonds is 5. The van der Waals surface area contributed by atoms with Gasteiger partial charge in [0.1, 0.15) is 6.04 Å². The molecule has 0 saturated heterocycles. The van der Waals surface area contributed by atoms with Crippen LogP contribution < -0.4 is 5.32 Å². The van der Waals surface area contributed by atoms with Gasteiger partial charge in [-0.2, -0.15) is 0 Å². The van der Waals surface area contributed by atoms with Crippen LogP contribution in [0.25, 0.3) is 0 Å².